The molecule has 3 rings (SSSR count). The van der Waals surface area contributed by atoms with Crippen molar-refractivity contribution < 1.29 is 26.4 Å². The van der Waals surface area contributed by atoms with E-state index < -0.39 is 0 Å². The van der Waals surface area contributed by atoms with E-state index in [-0.39, 0.29) is 24.8 Å². The van der Waals surface area contributed by atoms with Crippen LogP contribution in [-0.2, 0) is 12.8 Å². The molecular formula is C24H36Cl2N2O2. The van der Waals surface area contributed by atoms with Crippen molar-refractivity contribution in [3.63, 3.8) is 0 Å². The highest BCUT2D eigenvalue weighted by atomic mass is 35.5. The molecule has 0 aromatic heterocycles. The quantitative estimate of drug-likeness (QED) is 0.519. The van der Waals surface area contributed by atoms with Gasteiger partial charge in [0.25, 0.3) is 0 Å². The predicted molar refractivity (Wildman–Crippen MR) is 122 cm³/mol. The normalized spacial score (nSPS) is 17.5. The first kappa shape index (κ1) is 26.6. The number of methoxy groups -OCH3 is 2. The molecule has 0 radical (unpaired) electrons. The number of halogens is 2. The molecule has 1 aliphatic carbocycles. The largest absolute Gasteiger partial charge is 1.00 e. The molecule has 0 saturated heterocycles. The van der Waals surface area contributed by atoms with Crippen LogP contribution in [0.5, 0.6) is 11.5 Å². The zero-order chi connectivity index (χ0) is 20.0. The molecular weight excluding hydrogens is 419 g/mol. The second kappa shape index (κ2) is 12.4. The summed E-state index contributed by atoms with van der Waals surface area (Å²) in [5.74, 6) is 1.85. The maximum Gasteiger partial charge on any atom is 0.118 e. The topological polar surface area (TPSA) is 44.5 Å². The molecule has 2 aromatic carbocycles. The van der Waals surface area contributed by atoms with E-state index in [0.717, 1.165) is 28.8 Å². The lowest BCUT2D eigenvalue weighted by Gasteiger charge is -2.35. The number of nitrogens with two attached hydrogens (primary N) is 1. The number of aryl methyl sites for hydroxylation is 2. The van der Waals surface area contributed by atoms with Gasteiger partial charge < -0.3 is 32.1 Å². The van der Waals surface area contributed by atoms with Crippen LogP contribution in [0.2, 0.25) is 0 Å². The Morgan fingerprint density at radius 1 is 0.833 bits per heavy atom. The summed E-state index contributed by atoms with van der Waals surface area (Å²) in [7, 11) is 5.82. The number of rotatable bonds is 11. The Labute approximate surface area is 194 Å². The fraction of sp³-hybridized carbons (Fsp3) is 0.500. The average Bonchev–Trinajstić information content (AvgIpc) is 3.47. The Hall–Kier alpha value is -1.46. The zero-order valence-corrected chi connectivity index (χ0v) is 19.9. The Bertz CT molecular complexity index is 684. The standard InChI is InChI=1S/C24H35N2O2.2ClH/c1-26(24-18-23(24)25,16-4-6-19-8-12-21(27-2)13-9-19)17-5-7-20-10-14-22(28-3)15-11-20;;/h8-15,23-24H,4-7,16-18,25H2,1-3H3;2*1H/q+1;;/p-1/t23-,24-;;/m1../s1. The summed E-state index contributed by atoms with van der Waals surface area (Å²) < 4.78 is 11.6. The van der Waals surface area contributed by atoms with E-state index in [9.17, 15) is 0 Å². The van der Waals surface area contributed by atoms with Crippen molar-refractivity contribution in [1.29, 1.82) is 0 Å². The number of quaternary nitrogens is 1. The Morgan fingerprint density at radius 3 is 1.50 bits per heavy atom. The minimum atomic E-state index is 0. The van der Waals surface area contributed by atoms with Crippen LogP contribution >= 0.6 is 12.4 Å². The number of hydrogen-bond donors (Lipinski definition) is 1. The van der Waals surface area contributed by atoms with Crippen LogP contribution in [0.3, 0.4) is 0 Å². The van der Waals surface area contributed by atoms with Gasteiger partial charge in [-0.15, -0.1) is 12.4 Å². The van der Waals surface area contributed by atoms with E-state index in [2.05, 4.69) is 55.6 Å². The van der Waals surface area contributed by atoms with Crippen LogP contribution < -0.4 is 27.6 Å². The Morgan fingerprint density at radius 2 is 1.20 bits per heavy atom. The summed E-state index contributed by atoms with van der Waals surface area (Å²) in [6.07, 6.45) is 5.77. The molecule has 1 aliphatic rings. The maximum absolute atomic E-state index is 6.24. The Kier molecular flexibility index (Phi) is 11.0. The molecule has 2 atom stereocenters. The molecule has 0 aliphatic heterocycles. The first-order valence-corrected chi connectivity index (χ1v) is 10.4. The third kappa shape index (κ3) is 7.35. The van der Waals surface area contributed by atoms with Crippen molar-refractivity contribution in [1.82, 2.24) is 0 Å². The third-order valence-corrected chi connectivity index (χ3v) is 6.19. The van der Waals surface area contributed by atoms with E-state index in [4.69, 9.17) is 15.2 Å². The number of benzene rings is 2. The number of nitrogens with zero attached hydrogens (tertiary/aromatic N) is 1. The highest BCUT2D eigenvalue weighted by molar-refractivity contribution is 5.85. The van der Waals surface area contributed by atoms with Gasteiger partial charge in [-0.3, -0.25) is 0 Å². The van der Waals surface area contributed by atoms with Gasteiger partial charge >= 0.3 is 0 Å². The molecule has 0 unspecified atom stereocenters. The summed E-state index contributed by atoms with van der Waals surface area (Å²) >= 11 is 0. The molecule has 30 heavy (non-hydrogen) atoms. The van der Waals surface area contributed by atoms with Crippen LogP contribution in [0, 0.1) is 0 Å². The smallest absolute Gasteiger partial charge is 0.118 e. The van der Waals surface area contributed by atoms with E-state index >= 15 is 0 Å². The molecule has 0 heterocycles. The van der Waals surface area contributed by atoms with Crippen LogP contribution in [0.15, 0.2) is 48.5 Å². The number of likely N-dealkylation sites (N-methyl/N-ethyl adjacent to an activating group) is 1. The van der Waals surface area contributed by atoms with Crippen molar-refractivity contribution in [3.8, 4) is 11.5 Å². The maximum atomic E-state index is 6.24. The molecule has 4 nitrogen and oxygen atoms in total. The molecule has 0 spiro atoms. The fourth-order valence-electron chi connectivity index (χ4n) is 4.23. The summed E-state index contributed by atoms with van der Waals surface area (Å²) in [4.78, 5) is 0. The van der Waals surface area contributed by atoms with Gasteiger partial charge in [0.2, 0.25) is 0 Å². The minimum absolute atomic E-state index is 0. The van der Waals surface area contributed by atoms with Crippen LogP contribution in [0.1, 0.15) is 30.4 Å². The molecule has 2 N–H and O–H groups in total. The lowest BCUT2D eigenvalue weighted by molar-refractivity contribution is -0.920. The van der Waals surface area contributed by atoms with Crippen molar-refractivity contribution in [2.24, 2.45) is 5.73 Å². The molecule has 1 fully saturated rings. The van der Waals surface area contributed by atoms with E-state index in [1.54, 1.807) is 14.2 Å². The van der Waals surface area contributed by atoms with E-state index in [0.29, 0.717) is 12.1 Å². The number of ether oxygens (including phenoxy) is 2. The van der Waals surface area contributed by atoms with Crippen molar-refractivity contribution in [2.75, 3.05) is 34.4 Å². The molecule has 6 heteroatoms. The van der Waals surface area contributed by atoms with Gasteiger partial charge in [0.05, 0.1) is 40.4 Å². The van der Waals surface area contributed by atoms with E-state index in [1.165, 1.54) is 43.5 Å². The first-order valence-electron chi connectivity index (χ1n) is 10.4. The van der Waals surface area contributed by atoms with Gasteiger partial charge in [0.1, 0.15) is 17.5 Å². The van der Waals surface area contributed by atoms with Gasteiger partial charge in [-0.1, -0.05) is 24.3 Å². The summed E-state index contributed by atoms with van der Waals surface area (Å²) in [5.41, 5.74) is 9.00. The summed E-state index contributed by atoms with van der Waals surface area (Å²) in [6.45, 7) is 2.38. The van der Waals surface area contributed by atoms with Gasteiger partial charge in [0.15, 0.2) is 0 Å². The Balaban J connectivity index is 0.00000225. The summed E-state index contributed by atoms with van der Waals surface area (Å²) in [5, 5.41) is 0. The van der Waals surface area contributed by atoms with Gasteiger partial charge in [-0.05, 0) is 48.2 Å². The van der Waals surface area contributed by atoms with Crippen LogP contribution in [-0.4, -0.2) is 50.9 Å². The predicted octanol–water partition coefficient (Wildman–Crippen LogP) is 1.24. The SMILES string of the molecule is COc1ccc(CCC[N+](C)(CCCc2ccc(OC)cc2)[C@@H]2C[C@H]2N)cc1.Cl.[Cl-]. The fourth-order valence-corrected chi connectivity index (χ4v) is 4.23. The highest BCUT2D eigenvalue weighted by Gasteiger charge is 2.48. The minimum Gasteiger partial charge on any atom is -1.00 e. The second-order valence-corrected chi connectivity index (χ2v) is 8.30. The monoisotopic (exact) mass is 454 g/mol. The van der Waals surface area contributed by atoms with Gasteiger partial charge in [-0.2, -0.15) is 0 Å². The van der Waals surface area contributed by atoms with Gasteiger partial charge in [0, 0.05) is 19.3 Å². The zero-order valence-electron chi connectivity index (χ0n) is 18.4. The lowest BCUT2D eigenvalue weighted by Crippen LogP contribution is -3.00. The molecule has 2 aromatic rings. The average molecular weight is 455 g/mol. The third-order valence-electron chi connectivity index (χ3n) is 6.19. The van der Waals surface area contributed by atoms with Crippen molar-refractivity contribution in [2.45, 2.75) is 44.2 Å². The van der Waals surface area contributed by atoms with Gasteiger partial charge in [-0.25, -0.2) is 0 Å². The lowest BCUT2D eigenvalue weighted by atomic mass is 10.1. The van der Waals surface area contributed by atoms with Crippen molar-refractivity contribution >= 4 is 12.4 Å². The van der Waals surface area contributed by atoms with Crippen LogP contribution in [0.25, 0.3) is 0 Å². The molecule has 0 bridgehead atoms. The second-order valence-electron chi connectivity index (χ2n) is 8.30. The number of hydrogen-bond acceptors (Lipinski definition) is 3. The molecule has 168 valence electrons. The molecule has 1 saturated carbocycles. The first-order chi connectivity index (χ1) is 13.5. The van der Waals surface area contributed by atoms with E-state index in [1.807, 2.05) is 0 Å². The summed E-state index contributed by atoms with van der Waals surface area (Å²) in [6, 6.07) is 17.9. The highest BCUT2D eigenvalue weighted by Crippen LogP contribution is 2.32. The van der Waals surface area contributed by atoms with Crippen LogP contribution in [0.4, 0.5) is 0 Å². The molecule has 0 amide bonds. The van der Waals surface area contributed by atoms with Crippen molar-refractivity contribution in [3.05, 3.63) is 59.7 Å².